The van der Waals surface area contributed by atoms with E-state index in [0.29, 0.717) is 31.6 Å². The van der Waals surface area contributed by atoms with E-state index in [1.807, 2.05) is 72.8 Å². The molecule has 9 nitrogen and oxygen atoms in total. The fourth-order valence-corrected chi connectivity index (χ4v) is 4.07. The van der Waals surface area contributed by atoms with E-state index in [-0.39, 0.29) is 6.54 Å². The highest BCUT2D eigenvalue weighted by Crippen LogP contribution is 2.13. The van der Waals surface area contributed by atoms with E-state index in [4.69, 9.17) is 4.74 Å². The number of hydrogen-bond acceptors (Lipinski definition) is 7. The van der Waals surface area contributed by atoms with Crippen LogP contribution >= 0.6 is 0 Å². The van der Waals surface area contributed by atoms with Crippen molar-refractivity contribution < 1.29 is 14.3 Å². The lowest BCUT2D eigenvalue weighted by molar-refractivity contribution is 0.0135. The normalized spacial score (nSPS) is 11.2. The molecule has 3 aromatic heterocycles. The average Bonchev–Trinajstić information content (AvgIpc) is 2.96. The van der Waals surface area contributed by atoms with Gasteiger partial charge in [0.1, 0.15) is 5.60 Å². The molecule has 0 aliphatic heterocycles. The van der Waals surface area contributed by atoms with Crippen LogP contribution in [0, 0.1) is 0 Å². The standard InChI is InChI=1S/C32H36N6O3/c1-32(2,3)41-31(40)38(20-17-25-11-5-4-6-12-25)36-30(39)26-15-16-29(35-21-26)24-37(22-27-13-7-9-18-33-27)23-28-14-8-10-19-34-28/h4-16,18-19,21H,17,20,22-24H2,1-3H3,(H,36,39). The van der Waals surface area contributed by atoms with Crippen molar-refractivity contribution in [2.75, 3.05) is 6.54 Å². The number of aromatic nitrogens is 3. The SMILES string of the molecule is CC(C)(C)OC(=O)N(CCc1ccccc1)NC(=O)c1ccc(CN(Cc2ccccn2)Cc2ccccn2)nc1. The molecule has 3 heterocycles. The quantitative estimate of drug-likeness (QED) is 0.270. The van der Waals surface area contributed by atoms with Crippen molar-refractivity contribution in [3.05, 3.63) is 126 Å². The summed E-state index contributed by atoms with van der Waals surface area (Å²) in [4.78, 5) is 41.7. The van der Waals surface area contributed by atoms with Gasteiger partial charge in [-0.05, 0) is 69.2 Å². The van der Waals surface area contributed by atoms with Crippen LogP contribution in [0.2, 0.25) is 0 Å². The summed E-state index contributed by atoms with van der Waals surface area (Å²) < 4.78 is 5.53. The Bertz CT molecular complexity index is 1340. The zero-order valence-electron chi connectivity index (χ0n) is 23.7. The van der Waals surface area contributed by atoms with Gasteiger partial charge in [0, 0.05) is 44.8 Å². The van der Waals surface area contributed by atoms with Crippen molar-refractivity contribution >= 4 is 12.0 Å². The molecule has 9 heteroatoms. The van der Waals surface area contributed by atoms with Gasteiger partial charge in [-0.2, -0.15) is 0 Å². The molecule has 0 fully saturated rings. The fraction of sp³-hybridized carbons (Fsp3) is 0.281. The van der Waals surface area contributed by atoms with Gasteiger partial charge in [0.15, 0.2) is 0 Å². The molecule has 2 amide bonds. The average molecular weight is 553 g/mol. The van der Waals surface area contributed by atoms with Crippen LogP contribution in [-0.4, -0.2) is 49.0 Å². The fourth-order valence-electron chi connectivity index (χ4n) is 4.07. The molecule has 0 aliphatic carbocycles. The molecule has 0 saturated heterocycles. The predicted octanol–water partition coefficient (Wildman–Crippen LogP) is 5.20. The third-order valence-electron chi connectivity index (χ3n) is 6.01. The Morgan fingerprint density at radius 1 is 0.756 bits per heavy atom. The Labute approximate surface area is 241 Å². The number of carbonyl (C=O) groups is 2. The second-order valence-electron chi connectivity index (χ2n) is 10.6. The summed E-state index contributed by atoms with van der Waals surface area (Å²) >= 11 is 0. The Morgan fingerprint density at radius 3 is 1.85 bits per heavy atom. The van der Waals surface area contributed by atoms with Gasteiger partial charge in [-0.25, -0.2) is 9.80 Å². The summed E-state index contributed by atoms with van der Waals surface area (Å²) in [6.45, 7) is 7.39. The zero-order valence-corrected chi connectivity index (χ0v) is 23.7. The van der Waals surface area contributed by atoms with Crippen molar-refractivity contribution in [3.8, 4) is 0 Å². The monoisotopic (exact) mass is 552 g/mol. The molecule has 0 saturated carbocycles. The Morgan fingerprint density at radius 2 is 1.34 bits per heavy atom. The minimum Gasteiger partial charge on any atom is -0.442 e. The van der Waals surface area contributed by atoms with Crippen molar-refractivity contribution in [2.24, 2.45) is 0 Å². The van der Waals surface area contributed by atoms with Gasteiger partial charge in [-0.1, -0.05) is 42.5 Å². The number of hydrogen-bond donors (Lipinski definition) is 1. The minimum absolute atomic E-state index is 0.256. The number of amides is 2. The number of benzene rings is 1. The molecule has 0 spiro atoms. The number of hydrazine groups is 1. The van der Waals surface area contributed by atoms with Crippen molar-refractivity contribution in [1.29, 1.82) is 0 Å². The van der Waals surface area contributed by atoms with E-state index in [1.165, 1.54) is 11.2 Å². The van der Waals surface area contributed by atoms with E-state index in [0.717, 1.165) is 22.6 Å². The van der Waals surface area contributed by atoms with E-state index < -0.39 is 17.6 Å². The summed E-state index contributed by atoms with van der Waals surface area (Å²) in [5.41, 5.74) is 6.06. The summed E-state index contributed by atoms with van der Waals surface area (Å²) in [6, 6.07) is 25.0. The molecule has 4 rings (SSSR count). The summed E-state index contributed by atoms with van der Waals surface area (Å²) in [7, 11) is 0. The number of nitrogens with one attached hydrogen (secondary N) is 1. The summed E-state index contributed by atoms with van der Waals surface area (Å²) in [5.74, 6) is -0.443. The van der Waals surface area contributed by atoms with Gasteiger partial charge in [0.05, 0.1) is 22.6 Å². The molecule has 0 unspecified atom stereocenters. The second-order valence-corrected chi connectivity index (χ2v) is 10.6. The number of carbonyl (C=O) groups excluding carboxylic acids is 2. The molecule has 41 heavy (non-hydrogen) atoms. The third kappa shape index (κ3) is 9.81. The molecule has 0 aliphatic rings. The van der Waals surface area contributed by atoms with Crippen molar-refractivity contribution in [2.45, 2.75) is 52.4 Å². The van der Waals surface area contributed by atoms with Gasteiger partial charge < -0.3 is 4.74 Å². The highest BCUT2D eigenvalue weighted by Gasteiger charge is 2.24. The van der Waals surface area contributed by atoms with Crippen molar-refractivity contribution in [3.63, 3.8) is 0 Å². The third-order valence-corrected chi connectivity index (χ3v) is 6.01. The Kier molecular flexibility index (Phi) is 10.1. The van der Waals surface area contributed by atoms with Gasteiger partial charge in [0.2, 0.25) is 0 Å². The first-order valence-electron chi connectivity index (χ1n) is 13.6. The first kappa shape index (κ1) is 29.4. The molecular formula is C32H36N6O3. The number of ether oxygens (including phenoxy) is 1. The van der Waals surface area contributed by atoms with Crippen LogP contribution in [0.15, 0.2) is 97.5 Å². The lowest BCUT2D eigenvalue weighted by Gasteiger charge is -2.27. The van der Waals surface area contributed by atoms with Crippen LogP contribution in [0.25, 0.3) is 0 Å². The van der Waals surface area contributed by atoms with E-state index in [1.54, 1.807) is 39.2 Å². The van der Waals surface area contributed by atoms with Crippen LogP contribution in [0.3, 0.4) is 0 Å². The topological polar surface area (TPSA) is 101 Å². The van der Waals surface area contributed by atoms with Gasteiger partial charge in [-0.15, -0.1) is 0 Å². The molecule has 0 bridgehead atoms. The summed E-state index contributed by atoms with van der Waals surface area (Å²) in [6.07, 6.45) is 5.02. The van der Waals surface area contributed by atoms with E-state index >= 15 is 0 Å². The zero-order chi connectivity index (χ0) is 29.1. The minimum atomic E-state index is -0.702. The number of nitrogens with zero attached hydrogens (tertiary/aromatic N) is 5. The smallest absolute Gasteiger partial charge is 0.429 e. The summed E-state index contributed by atoms with van der Waals surface area (Å²) in [5, 5.41) is 1.22. The van der Waals surface area contributed by atoms with Gasteiger partial charge in [0.25, 0.3) is 5.91 Å². The number of pyridine rings is 3. The van der Waals surface area contributed by atoms with Crippen LogP contribution < -0.4 is 5.43 Å². The predicted molar refractivity (Wildman–Crippen MR) is 156 cm³/mol. The maximum absolute atomic E-state index is 13.1. The molecule has 0 atom stereocenters. The van der Waals surface area contributed by atoms with E-state index in [2.05, 4.69) is 25.3 Å². The molecule has 1 aromatic carbocycles. The molecule has 4 aromatic rings. The maximum atomic E-state index is 13.1. The lowest BCUT2D eigenvalue weighted by atomic mass is 10.1. The molecule has 212 valence electrons. The number of rotatable bonds is 10. The molecule has 1 N–H and O–H groups in total. The Balaban J connectivity index is 1.43. The largest absolute Gasteiger partial charge is 0.442 e. The lowest BCUT2D eigenvalue weighted by Crippen LogP contribution is -2.49. The first-order chi connectivity index (χ1) is 19.7. The van der Waals surface area contributed by atoms with Crippen LogP contribution in [0.5, 0.6) is 0 Å². The van der Waals surface area contributed by atoms with Gasteiger partial charge >= 0.3 is 6.09 Å². The van der Waals surface area contributed by atoms with Crippen LogP contribution in [-0.2, 0) is 30.8 Å². The Hall–Kier alpha value is -4.63. The molecular weight excluding hydrogens is 516 g/mol. The van der Waals surface area contributed by atoms with Crippen LogP contribution in [0.4, 0.5) is 4.79 Å². The van der Waals surface area contributed by atoms with Crippen molar-refractivity contribution in [1.82, 2.24) is 30.3 Å². The first-order valence-corrected chi connectivity index (χ1v) is 13.6. The van der Waals surface area contributed by atoms with Crippen LogP contribution in [0.1, 0.15) is 53.8 Å². The second kappa shape index (κ2) is 14.1. The van der Waals surface area contributed by atoms with Gasteiger partial charge in [-0.3, -0.25) is 30.1 Å². The molecule has 0 radical (unpaired) electrons. The highest BCUT2D eigenvalue weighted by atomic mass is 16.6. The van der Waals surface area contributed by atoms with E-state index in [9.17, 15) is 9.59 Å². The maximum Gasteiger partial charge on any atom is 0.429 e. The highest BCUT2D eigenvalue weighted by molar-refractivity contribution is 5.94.